The molecule has 1 amide bonds. The topological polar surface area (TPSA) is 73.0 Å². The molecule has 0 bridgehead atoms. The van der Waals surface area contributed by atoms with Crippen LogP contribution >= 0.6 is 11.6 Å². The lowest BCUT2D eigenvalue weighted by molar-refractivity contribution is -0.117. The number of hydrogen-bond acceptors (Lipinski definition) is 5. The van der Waals surface area contributed by atoms with Gasteiger partial charge in [0.1, 0.15) is 0 Å². The minimum atomic E-state index is -3.54. The van der Waals surface area contributed by atoms with Gasteiger partial charge in [-0.25, -0.2) is 8.42 Å². The van der Waals surface area contributed by atoms with Crippen LogP contribution in [0.4, 0.5) is 11.4 Å². The molecule has 2 aromatic rings. The zero-order valence-corrected chi connectivity index (χ0v) is 20.5. The highest BCUT2D eigenvalue weighted by Gasteiger charge is 2.27. The van der Waals surface area contributed by atoms with E-state index >= 15 is 0 Å². The number of aryl methyl sites for hydroxylation is 1. The fourth-order valence-electron chi connectivity index (χ4n) is 4.38. The van der Waals surface area contributed by atoms with Crippen molar-refractivity contribution < 1.29 is 13.2 Å². The number of anilines is 2. The van der Waals surface area contributed by atoms with Crippen molar-refractivity contribution in [2.75, 3.05) is 56.0 Å². The third-order valence-corrected chi connectivity index (χ3v) is 8.48. The Hall–Kier alpha value is -2.13. The molecule has 2 aliphatic rings. The van der Waals surface area contributed by atoms with Gasteiger partial charge in [0.25, 0.3) is 0 Å². The van der Waals surface area contributed by atoms with E-state index in [1.54, 1.807) is 22.5 Å². The highest BCUT2D eigenvalue weighted by atomic mass is 35.5. The molecule has 2 aliphatic heterocycles. The van der Waals surface area contributed by atoms with Crippen molar-refractivity contribution in [1.82, 2.24) is 9.21 Å². The first kappa shape index (κ1) is 24.0. The van der Waals surface area contributed by atoms with Crippen LogP contribution in [0.15, 0.2) is 47.4 Å². The summed E-state index contributed by atoms with van der Waals surface area (Å²) in [5, 5.41) is 3.65. The lowest BCUT2D eigenvalue weighted by Gasteiger charge is -2.35. The molecule has 1 N–H and O–H groups in total. The second-order valence-electron chi connectivity index (χ2n) is 8.73. The van der Waals surface area contributed by atoms with E-state index in [1.807, 2.05) is 31.2 Å². The third-order valence-electron chi connectivity index (χ3n) is 6.35. The normalized spacial score (nSPS) is 18.3. The van der Waals surface area contributed by atoms with E-state index in [0.29, 0.717) is 23.8 Å². The maximum Gasteiger partial charge on any atom is 0.243 e. The molecule has 0 atom stereocenters. The van der Waals surface area contributed by atoms with Crippen molar-refractivity contribution in [2.45, 2.75) is 31.1 Å². The van der Waals surface area contributed by atoms with E-state index in [9.17, 15) is 13.2 Å². The number of benzene rings is 2. The van der Waals surface area contributed by atoms with Crippen LogP contribution in [0.25, 0.3) is 0 Å². The fraction of sp³-hybridized carbons (Fsp3) is 0.458. The van der Waals surface area contributed by atoms with Crippen molar-refractivity contribution in [2.24, 2.45) is 0 Å². The molecule has 2 heterocycles. The largest absolute Gasteiger partial charge is 0.369 e. The Labute approximate surface area is 201 Å². The van der Waals surface area contributed by atoms with E-state index in [0.717, 1.165) is 56.7 Å². The Balaban J connectivity index is 1.35. The van der Waals surface area contributed by atoms with Gasteiger partial charge in [0.05, 0.1) is 11.4 Å². The Morgan fingerprint density at radius 2 is 1.70 bits per heavy atom. The number of halogens is 1. The van der Waals surface area contributed by atoms with Crippen molar-refractivity contribution in [3.63, 3.8) is 0 Å². The summed E-state index contributed by atoms with van der Waals surface area (Å²) in [4.78, 5) is 17.4. The Bertz CT molecular complexity index is 1090. The van der Waals surface area contributed by atoms with E-state index in [1.165, 1.54) is 0 Å². The summed E-state index contributed by atoms with van der Waals surface area (Å²) in [6, 6.07) is 12.8. The minimum Gasteiger partial charge on any atom is -0.369 e. The smallest absolute Gasteiger partial charge is 0.243 e. The van der Waals surface area contributed by atoms with Crippen molar-refractivity contribution in [3.8, 4) is 0 Å². The Kier molecular flexibility index (Phi) is 7.58. The number of carbonyl (C=O) groups excluding carboxylic acids is 1. The number of carbonyl (C=O) groups is 1. The van der Waals surface area contributed by atoms with E-state index in [2.05, 4.69) is 15.1 Å². The fourth-order valence-corrected chi connectivity index (χ4v) is 6.11. The number of rotatable bonds is 6. The van der Waals surface area contributed by atoms with Gasteiger partial charge in [-0.1, -0.05) is 30.2 Å². The van der Waals surface area contributed by atoms with Gasteiger partial charge >= 0.3 is 0 Å². The number of sulfonamides is 1. The summed E-state index contributed by atoms with van der Waals surface area (Å²) in [5.41, 5.74) is 2.48. The van der Waals surface area contributed by atoms with E-state index in [4.69, 9.17) is 11.6 Å². The number of hydrogen-bond donors (Lipinski definition) is 1. The molecule has 2 fully saturated rings. The zero-order chi connectivity index (χ0) is 23.4. The number of piperidine rings is 1. The summed E-state index contributed by atoms with van der Waals surface area (Å²) in [6.07, 6.45) is 2.84. The summed E-state index contributed by atoms with van der Waals surface area (Å²) in [7, 11) is -3.54. The van der Waals surface area contributed by atoms with Gasteiger partial charge in [0.2, 0.25) is 15.9 Å². The van der Waals surface area contributed by atoms with Gasteiger partial charge in [-0.2, -0.15) is 4.31 Å². The number of nitrogens with zero attached hydrogens (tertiary/aromatic N) is 3. The van der Waals surface area contributed by atoms with Crippen LogP contribution in [0, 0.1) is 6.92 Å². The highest BCUT2D eigenvalue weighted by molar-refractivity contribution is 7.89. The van der Waals surface area contributed by atoms with Gasteiger partial charge < -0.3 is 10.2 Å². The maximum atomic E-state index is 13.0. The van der Waals surface area contributed by atoms with Crippen LogP contribution in [0.3, 0.4) is 0 Å². The lowest BCUT2D eigenvalue weighted by Crippen LogP contribution is -2.48. The minimum absolute atomic E-state index is 0.137. The molecule has 9 heteroatoms. The zero-order valence-electron chi connectivity index (χ0n) is 19.0. The average molecular weight is 491 g/mol. The van der Waals surface area contributed by atoms with Crippen molar-refractivity contribution >= 4 is 38.9 Å². The molecule has 0 aromatic heterocycles. The molecule has 0 aliphatic carbocycles. The van der Waals surface area contributed by atoms with E-state index < -0.39 is 10.0 Å². The maximum absolute atomic E-state index is 13.0. The SMILES string of the molecule is Cc1ccc(S(=O)(=O)N2CCCCC2)cc1NC(=O)CN1CCN(c2cccc(Cl)c2)CC1. The van der Waals surface area contributed by atoms with Crippen LogP contribution in [-0.2, 0) is 14.8 Å². The van der Waals surface area contributed by atoms with Gasteiger partial charge in [-0.15, -0.1) is 0 Å². The Morgan fingerprint density at radius 3 is 2.39 bits per heavy atom. The van der Waals surface area contributed by atoms with E-state index in [-0.39, 0.29) is 17.3 Å². The van der Waals surface area contributed by atoms with Crippen LogP contribution in [0.1, 0.15) is 24.8 Å². The molecule has 0 unspecified atom stereocenters. The molecule has 0 radical (unpaired) electrons. The van der Waals surface area contributed by atoms with Crippen LogP contribution in [0.5, 0.6) is 0 Å². The molecule has 7 nitrogen and oxygen atoms in total. The molecule has 33 heavy (non-hydrogen) atoms. The second-order valence-corrected chi connectivity index (χ2v) is 11.1. The molecule has 2 aromatic carbocycles. The van der Waals surface area contributed by atoms with Crippen LogP contribution in [-0.4, -0.2) is 69.3 Å². The molecular formula is C24H31ClN4O3S. The van der Waals surface area contributed by atoms with Crippen molar-refractivity contribution in [1.29, 1.82) is 0 Å². The third kappa shape index (κ3) is 5.87. The molecule has 0 saturated carbocycles. The molecular weight excluding hydrogens is 460 g/mol. The summed E-state index contributed by atoms with van der Waals surface area (Å²) < 4.78 is 27.6. The quantitative estimate of drug-likeness (QED) is 0.670. The van der Waals surface area contributed by atoms with Crippen LogP contribution < -0.4 is 10.2 Å². The monoisotopic (exact) mass is 490 g/mol. The summed E-state index contributed by atoms with van der Waals surface area (Å²) >= 11 is 6.10. The highest BCUT2D eigenvalue weighted by Crippen LogP contribution is 2.25. The average Bonchev–Trinajstić information content (AvgIpc) is 2.81. The van der Waals surface area contributed by atoms with Crippen molar-refractivity contribution in [3.05, 3.63) is 53.1 Å². The molecule has 2 saturated heterocycles. The first-order chi connectivity index (χ1) is 15.8. The van der Waals surface area contributed by atoms with Gasteiger partial charge in [0, 0.05) is 55.7 Å². The second kappa shape index (κ2) is 10.4. The lowest BCUT2D eigenvalue weighted by atomic mass is 10.2. The molecule has 4 rings (SSSR count). The molecule has 178 valence electrons. The van der Waals surface area contributed by atoms with Crippen LogP contribution in [0.2, 0.25) is 5.02 Å². The number of amides is 1. The van der Waals surface area contributed by atoms with Gasteiger partial charge in [0.15, 0.2) is 0 Å². The first-order valence-electron chi connectivity index (χ1n) is 11.5. The van der Waals surface area contributed by atoms with Gasteiger partial charge in [-0.05, 0) is 55.7 Å². The summed E-state index contributed by atoms with van der Waals surface area (Å²) in [6.45, 7) is 6.41. The first-order valence-corrected chi connectivity index (χ1v) is 13.3. The van der Waals surface area contributed by atoms with Gasteiger partial charge in [-0.3, -0.25) is 9.69 Å². The standard InChI is InChI=1S/C24H31ClN4O3S/c1-19-8-9-22(33(31,32)29-10-3-2-4-11-29)17-23(19)26-24(30)18-27-12-14-28(15-13-27)21-7-5-6-20(25)16-21/h5-9,16-17H,2-4,10-15,18H2,1H3,(H,26,30). The predicted octanol–water partition coefficient (Wildman–Crippen LogP) is 3.58. The number of piperazine rings is 1. The Morgan fingerprint density at radius 1 is 0.970 bits per heavy atom. The number of nitrogens with one attached hydrogen (secondary N) is 1. The summed E-state index contributed by atoms with van der Waals surface area (Å²) in [5.74, 6) is -0.137. The predicted molar refractivity (Wildman–Crippen MR) is 133 cm³/mol. The molecule has 0 spiro atoms.